The molecule has 3 heterocycles. The topological polar surface area (TPSA) is 68.9 Å². The zero-order valence-corrected chi connectivity index (χ0v) is 16.3. The normalized spacial score (nSPS) is 13.2. The molecule has 1 aromatic carbocycles. The molecule has 1 N–H and O–H groups in total. The average Bonchev–Trinajstić information content (AvgIpc) is 3.09. The molecule has 27 heavy (non-hydrogen) atoms. The van der Waals surface area contributed by atoms with Crippen LogP contribution in [0, 0.1) is 0 Å². The van der Waals surface area contributed by atoms with E-state index in [2.05, 4.69) is 30.8 Å². The molecule has 0 aliphatic carbocycles. The molecule has 0 fully saturated rings. The Bertz CT molecular complexity index is 1040. The van der Waals surface area contributed by atoms with E-state index in [1.54, 1.807) is 12.3 Å². The highest BCUT2D eigenvalue weighted by Gasteiger charge is 2.15. The number of hydrogen-bond acceptors (Lipinski definition) is 3. The first-order valence-electron chi connectivity index (χ1n) is 8.91. The molecular weight excluding hydrogens is 408 g/mol. The lowest BCUT2D eigenvalue weighted by molar-refractivity contribution is -0.116. The summed E-state index contributed by atoms with van der Waals surface area (Å²) >= 11 is 3.31. The lowest BCUT2D eigenvalue weighted by Gasteiger charge is -2.16. The zero-order chi connectivity index (χ0) is 18.8. The summed E-state index contributed by atoms with van der Waals surface area (Å²) in [5, 5.41) is 2.83. The third kappa shape index (κ3) is 3.88. The molecule has 138 valence electrons. The van der Waals surface area contributed by atoms with Crippen LogP contribution in [0.2, 0.25) is 0 Å². The molecule has 7 heteroatoms. The van der Waals surface area contributed by atoms with Crippen LogP contribution in [0.1, 0.15) is 18.5 Å². The first-order chi connectivity index (χ1) is 13.1. The quantitative estimate of drug-likeness (QED) is 0.694. The largest absolute Gasteiger partial charge is 0.328 e. The Labute approximate surface area is 165 Å². The van der Waals surface area contributed by atoms with Crippen LogP contribution in [0.4, 0.5) is 5.69 Å². The van der Waals surface area contributed by atoms with Crippen LogP contribution in [-0.4, -0.2) is 20.0 Å². The van der Waals surface area contributed by atoms with E-state index in [4.69, 9.17) is 0 Å². The maximum absolute atomic E-state index is 12.2. The second kappa shape index (κ2) is 7.52. The van der Waals surface area contributed by atoms with Crippen LogP contribution < -0.4 is 10.9 Å². The number of amides is 1. The summed E-state index contributed by atoms with van der Waals surface area (Å²) < 4.78 is 4.39. The number of aryl methyl sites for hydroxylation is 1. The molecule has 0 spiro atoms. The predicted molar refractivity (Wildman–Crippen MR) is 108 cm³/mol. The lowest BCUT2D eigenvalue weighted by atomic mass is 10.1. The molecule has 3 aromatic rings. The molecule has 0 radical (unpaired) electrons. The summed E-state index contributed by atoms with van der Waals surface area (Å²) in [5.74, 6) is 0.726. The maximum atomic E-state index is 12.2. The van der Waals surface area contributed by atoms with Crippen LogP contribution >= 0.6 is 15.9 Å². The van der Waals surface area contributed by atoms with Gasteiger partial charge < -0.3 is 14.5 Å². The number of hydrogen-bond donors (Lipinski definition) is 1. The van der Waals surface area contributed by atoms with Crippen molar-refractivity contribution in [2.24, 2.45) is 0 Å². The number of benzene rings is 1. The van der Waals surface area contributed by atoms with Crippen molar-refractivity contribution in [1.82, 2.24) is 14.1 Å². The van der Waals surface area contributed by atoms with Gasteiger partial charge >= 0.3 is 0 Å². The Kier molecular flexibility index (Phi) is 4.94. The fraction of sp³-hybridized carbons (Fsp3) is 0.250. The Hall–Kier alpha value is -2.67. The van der Waals surface area contributed by atoms with Crippen molar-refractivity contribution >= 4 is 27.5 Å². The number of fused-ring (bicyclic) bond motifs is 1. The third-order valence-electron chi connectivity index (χ3n) is 4.69. The highest BCUT2D eigenvalue weighted by Crippen LogP contribution is 2.25. The fourth-order valence-electron chi connectivity index (χ4n) is 3.35. The van der Waals surface area contributed by atoms with Crippen molar-refractivity contribution in [2.75, 3.05) is 5.32 Å². The summed E-state index contributed by atoms with van der Waals surface area (Å²) in [4.78, 5) is 28.6. The molecule has 2 aromatic heterocycles. The van der Waals surface area contributed by atoms with Gasteiger partial charge in [0.1, 0.15) is 12.4 Å². The monoisotopic (exact) mass is 426 g/mol. The van der Waals surface area contributed by atoms with Crippen LogP contribution in [0.15, 0.2) is 58.1 Å². The number of anilines is 1. The van der Waals surface area contributed by atoms with Gasteiger partial charge in [-0.2, -0.15) is 0 Å². The van der Waals surface area contributed by atoms with Crippen molar-refractivity contribution < 1.29 is 4.79 Å². The van der Waals surface area contributed by atoms with E-state index in [9.17, 15) is 9.59 Å². The van der Waals surface area contributed by atoms with Gasteiger partial charge in [0.25, 0.3) is 5.56 Å². The Morgan fingerprint density at radius 3 is 2.78 bits per heavy atom. The number of pyridine rings is 1. The minimum absolute atomic E-state index is 0.0339. The number of nitrogens with zero attached hydrogens (tertiary/aromatic N) is 3. The van der Waals surface area contributed by atoms with Gasteiger partial charge in [-0.1, -0.05) is 0 Å². The van der Waals surface area contributed by atoms with Gasteiger partial charge in [0.2, 0.25) is 5.91 Å². The number of carbonyl (C=O) groups is 1. The Morgan fingerprint density at radius 2 is 1.96 bits per heavy atom. The molecule has 4 rings (SSSR count). The van der Waals surface area contributed by atoms with E-state index in [0.717, 1.165) is 28.8 Å². The number of halogens is 1. The van der Waals surface area contributed by atoms with Gasteiger partial charge in [-0.3, -0.25) is 9.59 Å². The van der Waals surface area contributed by atoms with Crippen molar-refractivity contribution in [3.05, 3.63) is 69.3 Å². The van der Waals surface area contributed by atoms with Gasteiger partial charge in [-0.05, 0) is 65.5 Å². The van der Waals surface area contributed by atoms with Gasteiger partial charge in [0.15, 0.2) is 0 Å². The Balaban J connectivity index is 1.46. The molecule has 0 saturated carbocycles. The summed E-state index contributed by atoms with van der Waals surface area (Å²) in [7, 11) is 0. The highest BCUT2D eigenvalue weighted by molar-refractivity contribution is 9.10. The Morgan fingerprint density at radius 1 is 1.15 bits per heavy atom. The number of carbonyl (C=O) groups excluding carboxylic acids is 1. The smallest absolute Gasteiger partial charge is 0.251 e. The van der Waals surface area contributed by atoms with E-state index in [0.29, 0.717) is 5.69 Å². The van der Waals surface area contributed by atoms with Crippen molar-refractivity contribution in [2.45, 2.75) is 32.4 Å². The van der Waals surface area contributed by atoms with Crippen LogP contribution in [-0.2, 0) is 24.3 Å². The number of nitrogens with one attached hydrogen (secondary N) is 1. The summed E-state index contributed by atoms with van der Waals surface area (Å²) in [6.45, 7) is 0.971. The van der Waals surface area contributed by atoms with Gasteiger partial charge in [-0.25, -0.2) is 4.98 Å². The van der Waals surface area contributed by atoms with E-state index in [1.807, 2.05) is 30.5 Å². The SMILES string of the molecule is O=C(Cn1cc(Br)ccc1=O)Nc1ccc(-c2ncc3n2CCCC3)cc1. The molecule has 0 unspecified atom stereocenters. The standard InChI is InChI=1S/C20H19BrN4O2/c21-15-6-9-19(27)24(12-15)13-18(26)23-16-7-4-14(5-8-16)20-22-11-17-3-1-2-10-25(17)20/h4-9,11-12H,1-3,10,13H2,(H,23,26). The molecule has 0 bridgehead atoms. The van der Waals surface area contributed by atoms with Gasteiger partial charge in [-0.15, -0.1) is 0 Å². The fourth-order valence-corrected chi connectivity index (χ4v) is 3.73. The maximum Gasteiger partial charge on any atom is 0.251 e. The van der Waals surface area contributed by atoms with Crippen LogP contribution in [0.25, 0.3) is 11.4 Å². The lowest BCUT2D eigenvalue weighted by Crippen LogP contribution is -2.26. The average molecular weight is 427 g/mol. The molecule has 1 aliphatic rings. The number of rotatable bonds is 4. The predicted octanol–water partition coefficient (Wildman–Crippen LogP) is 3.45. The molecule has 0 saturated heterocycles. The van der Waals surface area contributed by atoms with Crippen LogP contribution in [0.5, 0.6) is 0 Å². The minimum atomic E-state index is -0.249. The van der Waals surface area contributed by atoms with Crippen molar-refractivity contribution in [1.29, 1.82) is 0 Å². The van der Waals surface area contributed by atoms with E-state index < -0.39 is 0 Å². The van der Waals surface area contributed by atoms with E-state index in [-0.39, 0.29) is 18.0 Å². The van der Waals surface area contributed by atoms with E-state index in [1.165, 1.54) is 29.2 Å². The number of aromatic nitrogens is 3. The van der Waals surface area contributed by atoms with Gasteiger partial charge in [0.05, 0.1) is 0 Å². The minimum Gasteiger partial charge on any atom is -0.328 e. The third-order valence-corrected chi connectivity index (χ3v) is 5.16. The second-order valence-electron chi connectivity index (χ2n) is 6.62. The molecular formula is C20H19BrN4O2. The molecule has 1 amide bonds. The first-order valence-corrected chi connectivity index (χ1v) is 9.70. The first kappa shape index (κ1) is 17.7. The summed E-state index contributed by atoms with van der Waals surface area (Å²) in [6, 6.07) is 10.7. The van der Waals surface area contributed by atoms with Crippen LogP contribution in [0.3, 0.4) is 0 Å². The van der Waals surface area contributed by atoms with Gasteiger partial charge in [0, 0.05) is 46.4 Å². The zero-order valence-electron chi connectivity index (χ0n) is 14.7. The summed E-state index contributed by atoms with van der Waals surface area (Å²) in [6.07, 6.45) is 7.04. The van der Waals surface area contributed by atoms with Crippen molar-refractivity contribution in [3.8, 4) is 11.4 Å². The molecule has 0 atom stereocenters. The number of imidazole rings is 1. The summed E-state index contributed by atoms with van der Waals surface area (Å²) in [5.41, 5.74) is 2.79. The van der Waals surface area contributed by atoms with Crippen molar-refractivity contribution in [3.63, 3.8) is 0 Å². The molecule has 1 aliphatic heterocycles. The highest BCUT2D eigenvalue weighted by atomic mass is 79.9. The molecule has 6 nitrogen and oxygen atoms in total. The second-order valence-corrected chi connectivity index (χ2v) is 7.54. The van der Waals surface area contributed by atoms with E-state index >= 15 is 0 Å².